The van der Waals surface area contributed by atoms with Crippen molar-refractivity contribution < 1.29 is 23.8 Å². The van der Waals surface area contributed by atoms with E-state index in [2.05, 4.69) is 20.4 Å². The predicted molar refractivity (Wildman–Crippen MR) is 106 cm³/mol. The van der Waals surface area contributed by atoms with E-state index in [4.69, 9.17) is 19.0 Å². The molecule has 0 atom stereocenters. The van der Waals surface area contributed by atoms with Crippen molar-refractivity contribution in [2.24, 2.45) is 0 Å². The third-order valence-electron chi connectivity index (χ3n) is 4.99. The maximum Gasteiger partial charge on any atom is 0.404 e. The van der Waals surface area contributed by atoms with E-state index in [1.165, 1.54) is 0 Å². The van der Waals surface area contributed by atoms with Crippen molar-refractivity contribution in [3.63, 3.8) is 0 Å². The largest absolute Gasteiger partial charge is 0.477 e. The topological polar surface area (TPSA) is 124 Å². The van der Waals surface area contributed by atoms with Gasteiger partial charge in [-0.05, 0) is 19.1 Å². The number of nitrogens with zero attached hydrogens (tertiary/aromatic N) is 4. The second-order valence-electron chi connectivity index (χ2n) is 7.01. The van der Waals surface area contributed by atoms with Gasteiger partial charge < -0.3 is 24.3 Å². The van der Waals surface area contributed by atoms with Crippen molar-refractivity contribution >= 4 is 22.7 Å². The number of hydrogen-bond acceptors (Lipinski definition) is 7. The van der Waals surface area contributed by atoms with Crippen LogP contribution in [0.2, 0.25) is 0 Å². The Balaban J connectivity index is 1.42. The zero-order valence-electron chi connectivity index (χ0n) is 16.1. The Morgan fingerprint density at radius 1 is 1.33 bits per heavy atom. The SMILES string of the molecule is CCOc1nccc2oc(-c3cnc4ccc(O[C@H]5C[C@H](NC(=O)O)C5)nn34)cc12. The van der Waals surface area contributed by atoms with Gasteiger partial charge in [-0.1, -0.05) is 0 Å². The molecule has 1 fully saturated rings. The van der Waals surface area contributed by atoms with Crippen molar-refractivity contribution in [1.29, 1.82) is 0 Å². The molecular weight excluding hydrogens is 390 g/mol. The van der Waals surface area contributed by atoms with Crippen LogP contribution < -0.4 is 14.8 Å². The molecule has 0 aliphatic heterocycles. The lowest BCUT2D eigenvalue weighted by atomic mass is 9.89. The van der Waals surface area contributed by atoms with Crippen molar-refractivity contribution in [2.75, 3.05) is 6.61 Å². The first-order chi connectivity index (χ1) is 14.6. The Morgan fingerprint density at radius 3 is 3.00 bits per heavy atom. The molecule has 30 heavy (non-hydrogen) atoms. The highest BCUT2D eigenvalue weighted by Gasteiger charge is 2.32. The highest BCUT2D eigenvalue weighted by molar-refractivity contribution is 5.86. The highest BCUT2D eigenvalue weighted by Crippen LogP contribution is 2.33. The lowest BCUT2D eigenvalue weighted by molar-refractivity contribution is 0.0782. The zero-order valence-corrected chi connectivity index (χ0v) is 16.1. The number of carbonyl (C=O) groups is 1. The number of pyridine rings is 1. The molecular formula is C20H19N5O5. The number of imidazole rings is 1. The summed E-state index contributed by atoms with van der Waals surface area (Å²) in [4.78, 5) is 19.3. The molecule has 1 aliphatic rings. The Hall–Kier alpha value is -3.82. The molecule has 1 amide bonds. The summed E-state index contributed by atoms with van der Waals surface area (Å²) in [5.41, 5.74) is 1.99. The molecule has 10 heteroatoms. The number of fused-ring (bicyclic) bond motifs is 2. The minimum Gasteiger partial charge on any atom is -0.477 e. The van der Waals surface area contributed by atoms with E-state index in [0.29, 0.717) is 53.9 Å². The molecule has 4 heterocycles. The van der Waals surface area contributed by atoms with Crippen LogP contribution in [0, 0.1) is 0 Å². The van der Waals surface area contributed by atoms with Gasteiger partial charge in [-0.15, -0.1) is 5.10 Å². The molecule has 0 unspecified atom stereocenters. The smallest absolute Gasteiger partial charge is 0.404 e. The fourth-order valence-electron chi connectivity index (χ4n) is 3.53. The number of ether oxygens (including phenoxy) is 2. The van der Waals surface area contributed by atoms with Crippen LogP contribution in [0.3, 0.4) is 0 Å². The summed E-state index contributed by atoms with van der Waals surface area (Å²) in [6, 6.07) is 7.13. The Morgan fingerprint density at radius 2 is 2.20 bits per heavy atom. The van der Waals surface area contributed by atoms with E-state index in [0.717, 1.165) is 5.39 Å². The molecule has 1 saturated carbocycles. The van der Waals surface area contributed by atoms with E-state index >= 15 is 0 Å². The molecule has 154 valence electrons. The van der Waals surface area contributed by atoms with Gasteiger partial charge in [-0.25, -0.2) is 19.3 Å². The Labute approximate surface area is 170 Å². The molecule has 4 aromatic heterocycles. The average molecular weight is 409 g/mol. The minimum absolute atomic E-state index is 0.0789. The average Bonchev–Trinajstić information content (AvgIpc) is 3.30. The van der Waals surface area contributed by atoms with E-state index in [1.807, 2.05) is 19.1 Å². The van der Waals surface area contributed by atoms with Gasteiger partial charge in [0.05, 0.1) is 18.2 Å². The monoisotopic (exact) mass is 409 g/mol. The summed E-state index contributed by atoms with van der Waals surface area (Å²) in [6.07, 6.45) is 3.46. The van der Waals surface area contributed by atoms with Gasteiger partial charge in [-0.3, -0.25) is 0 Å². The summed E-state index contributed by atoms with van der Waals surface area (Å²) in [6.45, 7) is 2.41. The lowest BCUT2D eigenvalue weighted by Crippen LogP contribution is -2.48. The number of furan rings is 1. The van der Waals surface area contributed by atoms with Crippen molar-refractivity contribution in [1.82, 2.24) is 24.9 Å². The normalized spacial score (nSPS) is 18.3. The highest BCUT2D eigenvalue weighted by atomic mass is 16.5. The third kappa shape index (κ3) is 3.25. The van der Waals surface area contributed by atoms with Crippen LogP contribution in [0.4, 0.5) is 4.79 Å². The summed E-state index contributed by atoms with van der Waals surface area (Å²) < 4.78 is 19.1. The third-order valence-corrected chi connectivity index (χ3v) is 4.99. The maximum absolute atomic E-state index is 10.7. The van der Waals surface area contributed by atoms with Gasteiger partial charge in [-0.2, -0.15) is 0 Å². The molecule has 0 radical (unpaired) electrons. The molecule has 5 rings (SSSR count). The van der Waals surface area contributed by atoms with Gasteiger partial charge in [0.15, 0.2) is 11.4 Å². The minimum atomic E-state index is -1.02. The second kappa shape index (κ2) is 7.21. The number of amides is 1. The molecule has 0 aromatic carbocycles. The zero-order chi connectivity index (χ0) is 20.7. The fraction of sp³-hybridized carbons (Fsp3) is 0.300. The summed E-state index contributed by atoms with van der Waals surface area (Å²) in [5, 5.41) is 16.5. The van der Waals surface area contributed by atoms with Crippen LogP contribution in [0.15, 0.2) is 41.1 Å². The molecule has 1 aliphatic carbocycles. The van der Waals surface area contributed by atoms with Crippen LogP contribution >= 0.6 is 0 Å². The first-order valence-corrected chi connectivity index (χ1v) is 9.63. The predicted octanol–water partition coefficient (Wildman–Crippen LogP) is 3.11. The molecule has 10 nitrogen and oxygen atoms in total. The summed E-state index contributed by atoms with van der Waals surface area (Å²) in [7, 11) is 0. The molecule has 0 spiro atoms. The van der Waals surface area contributed by atoms with E-state index in [-0.39, 0.29) is 12.1 Å². The second-order valence-corrected chi connectivity index (χ2v) is 7.01. The Bertz CT molecular complexity index is 1230. The summed E-state index contributed by atoms with van der Waals surface area (Å²) >= 11 is 0. The number of nitrogens with one attached hydrogen (secondary N) is 1. The van der Waals surface area contributed by atoms with Crippen molar-refractivity contribution in [3.05, 3.63) is 36.7 Å². The first-order valence-electron chi connectivity index (χ1n) is 9.63. The van der Waals surface area contributed by atoms with Crippen LogP contribution in [-0.2, 0) is 0 Å². The quantitative estimate of drug-likeness (QED) is 0.498. The van der Waals surface area contributed by atoms with Crippen LogP contribution in [0.25, 0.3) is 28.1 Å². The molecule has 0 saturated heterocycles. The van der Waals surface area contributed by atoms with Gasteiger partial charge in [0, 0.05) is 37.2 Å². The van der Waals surface area contributed by atoms with Crippen LogP contribution in [-0.4, -0.2) is 49.5 Å². The maximum atomic E-state index is 10.7. The molecule has 0 bridgehead atoms. The number of hydrogen-bond donors (Lipinski definition) is 2. The van der Waals surface area contributed by atoms with Crippen molar-refractivity contribution in [2.45, 2.75) is 31.9 Å². The van der Waals surface area contributed by atoms with Crippen LogP contribution in [0.5, 0.6) is 11.8 Å². The van der Waals surface area contributed by atoms with E-state index < -0.39 is 6.09 Å². The van der Waals surface area contributed by atoms with E-state index in [1.54, 1.807) is 29.0 Å². The number of rotatable bonds is 6. The number of aromatic nitrogens is 4. The van der Waals surface area contributed by atoms with E-state index in [9.17, 15) is 4.79 Å². The molecule has 2 N–H and O–H groups in total. The fourth-order valence-corrected chi connectivity index (χ4v) is 3.53. The van der Waals surface area contributed by atoms with Gasteiger partial charge in [0.2, 0.25) is 11.8 Å². The van der Waals surface area contributed by atoms with Gasteiger partial charge in [0.25, 0.3) is 0 Å². The van der Waals surface area contributed by atoms with Gasteiger partial charge >= 0.3 is 6.09 Å². The van der Waals surface area contributed by atoms with Gasteiger partial charge in [0.1, 0.15) is 17.4 Å². The standard InChI is InChI=1S/C20H19N5O5/c1-2-28-19-13-9-16(30-15(13)5-6-21-19)14-10-22-17-3-4-18(24-25(14)17)29-12-7-11(8-12)23-20(26)27/h3-6,9-12,23H,2,7-8H2,1H3,(H,26,27)/t11-,12-. The lowest BCUT2D eigenvalue weighted by Gasteiger charge is -2.34. The Kier molecular flexibility index (Phi) is 4.38. The van der Waals surface area contributed by atoms with Crippen LogP contribution in [0.1, 0.15) is 19.8 Å². The first kappa shape index (κ1) is 18.2. The van der Waals surface area contributed by atoms with Crippen molar-refractivity contribution in [3.8, 4) is 23.2 Å². The number of carboxylic acid groups (broad SMARTS) is 1. The summed E-state index contributed by atoms with van der Waals surface area (Å²) in [5.74, 6) is 1.55. The molecule has 4 aromatic rings.